The fourth-order valence-electron chi connectivity index (χ4n) is 1.94. The van der Waals surface area contributed by atoms with Crippen LogP contribution in [0.3, 0.4) is 0 Å². The Hall–Kier alpha value is -1.85. The number of aliphatic hydroxyl groups excluding tert-OH is 1. The first-order valence-corrected chi connectivity index (χ1v) is 7.07. The summed E-state index contributed by atoms with van der Waals surface area (Å²) < 4.78 is 5.19. The maximum absolute atomic E-state index is 12.2. The second-order valence-electron chi connectivity index (χ2n) is 4.36. The molecular formula is C15H17NO3S. The van der Waals surface area contributed by atoms with E-state index in [-0.39, 0.29) is 12.5 Å². The molecule has 2 rings (SSSR count). The highest BCUT2D eigenvalue weighted by molar-refractivity contribution is 7.14. The molecule has 0 radical (unpaired) electrons. The van der Waals surface area contributed by atoms with E-state index in [0.29, 0.717) is 17.2 Å². The van der Waals surface area contributed by atoms with Crippen LogP contribution in [0.2, 0.25) is 0 Å². The lowest BCUT2D eigenvalue weighted by atomic mass is 10.1. The number of aliphatic hydroxyl groups is 1. The fourth-order valence-corrected chi connectivity index (χ4v) is 2.84. The zero-order chi connectivity index (χ0) is 14.5. The van der Waals surface area contributed by atoms with E-state index >= 15 is 0 Å². The van der Waals surface area contributed by atoms with Gasteiger partial charge in [0.15, 0.2) is 0 Å². The summed E-state index contributed by atoms with van der Waals surface area (Å²) in [6.07, 6.45) is 0. The van der Waals surface area contributed by atoms with Crippen LogP contribution in [0.25, 0.3) is 0 Å². The van der Waals surface area contributed by atoms with Crippen LogP contribution in [0.4, 0.5) is 0 Å². The number of carbonyl (C=O) groups is 1. The first kappa shape index (κ1) is 14.6. The Morgan fingerprint density at radius 1 is 1.35 bits per heavy atom. The predicted octanol–water partition coefficient (Wildman–Crippen LogP) is 2.49. The molecule has 0 aliphatic carbocycles. The van der Waals surface area contributed by atoms with Gasteiger partial charge < -0.3 is 15.2 Å². The lowest BCUT2D eigenvalue weighted by Gasteiger charge is -2.09. The van der Waals surface area contributed by atoms with Gasteiger partial charge in [0.1, 0.15) is 10.6 Å². The van der Waals surface area contributed by atoms with E-state index in [2.05, 4.69) is 5.32 Å². The van der Waals surface area contributed by atoms with Crippen molar-refractivity contribution in [3.05, 3.63) is 51.2 Å². The van der Waals surface area contributed by atoms with Crippen LogP contribution >= 0.6 is 11.3 Å². The Morgan fingerprint density at radius 2 is 2.05 bits per heavy atom. The molecule has 0 saturated heterocycles. The van der Waals surface area contributed by atoms with Crippen molar-refractivity contribution in [2.45, 2.75) is 20.1 Å². The molecule has 0 fully saturated rings. The molecule has 0 aliphatic heterocycles. The molecule has 0 bridgehead atoms. The zero-order valence-corrected chi connectivity index (χ0v) is 12.3. The minimum absolute atomic E-state index is 0.0343. The quantitative estimate of drug-likeness (QED) is 0.890. The van der Waals surface area contributed by atoms with E-state index < -0.39 is 0 Å². The molecule has 106 valence electrons. The molecule has 1 aromatic heterocycles. The molecule has 0 unspecified atom stereocenters. The zero-order valence-electron chi connectivity index (χ0n) is 11.5. The number of benzene rings is 1. The van der Waals surface area contributed by atoms with Gasteiger partial charge in [-0.15, -0.1) is 11.3 Å². The van der Waals surface area contributed by atoms with Gasteiger partial charge >= 0.3 is 0 Å². The van der Waals surface area contributed by atoms with Crippen molar-refractivity contribution < 1.29 is 14.6 Å². The Bertz CT molecular complexity index is 607. The monoisotopic (exact) mass is 291 g/mol. The first-order chi connectivity index (χ1) is 9.65. The number of rotatable bonds is 5. The molecular weight excluding hydrogens is 274 g/mol. The number of methoxy groups -OCH3 is 1. The molecule has 1 aromatic carbocycles. The highest BCUT2D eigenvalue weighted by Crippen LogP contribution is 2.28. The van der Waals surface area contributed by atoms with Gasteiger partial charge in [0.05, 0.1) is 13.7 Å². The number of nitrogens with one attached hydrogen (secondary N) is 1. The topological polar surface area (TPSA) is 58.6 Å². The molecule has 20 heavy (non-hydrogen) atoms. The normalized spacial score (nSPS) is 10.3. The van der Waals surface area contributed by atoms with Crippen molar-refractivity contribution >= 4 is 17.2 Å². The average molecular weight is 291 g/mol. The van der Waals surface area contributed by atoms with Gasteiger partial charge in [0, 0.05) is 11.4 Å². The molecule has 0 atom stereocenters. The SMILES string of the molecule is COc1cc(C)sc1C(=O)NCc1ccccc1CO. The third kappa shape index (κ3) is 3.18. The van der Waals surface area contributed by atoms with E-state index in [1.54, 1.807) is 7.11 Å². The predicted molar refractivity (Wildman–Crippen MR) is 79.1 cm³/mol. The molecule has 1 heterocycles. The van der Waals surface area contributed by atoms with Crippen molar-refractivity contribution in [2.24, 2.45) is 0 Å². The number of aryl methyl sites for hydroxylation is 1. The van der Waals surface area contributed by atoms with Gasteiger partial charge in [-0.1, -0.05) is 24.3 Å². The lowest BCUT2D eigenvalue weighted by molar-refractivity contribution is 0.0952. The van der Waals surface area contributed by atoms with Gasteiger partial charge in [0.2, 0.25) is 0 Å². The molecule has 4 nitrogen and oxygen atoms in total. The summed E-state index contributed by atoms with van der Waals surface area (Å²) in [6.45, 7) is 2.29. The number of thiophene rings is 1. The lowest BCUT2D eigenvalue weighted by Crippen LogP contribution is -2.23. The maximum atomic E-state index is 12.2. The minimum Gasteiger partial charge on any atom is -0.495 e. The Kier molecular flexibility index (Phi) is 4.76. The molecule has 2 aromatic rings. The summed E-state index contributed by atoms with van der Waals surface area (Å²) in [4.78, 5) is 13.8. The van der Waals surface area contributed by atoms with Crippen LogP contribution in [0.1, 0.15) is 25.7 Å². The number of ether oxygens (including phenoxy) is 1. The highest BCUT2D eigenvalue weighted by atomic mass is 32.1. The molecule has 0 aliphatic rings. The molecule has 5 heteroatoms. The maximum Gasteiger partial charge on any atom is 0.265 e. The van der Waals surface area contributed by atoms with Gasteiger partial charge in [-0.2, -0.15) is 0 Å². The Balaban J connectivity index is 2.08. The highest BCUT2D eigenvalue weighted by Gasteiger charge is 2.15. The van der Waals surface area contributed by atoms with Gasteiger partial charge in [-0.3, -0.25) is 4.79 Å². The van der Waals surface area contributed by atoms with Crippen molar-refractivity contribution in [1.82, 2.24) is 5.32 Å². The van der Waals surface area contributed by atoms with Crippen LogP contribution in [0.5, 0.6) is 5.75 Å². The number of hydrogen-bond acceptors (Lipinski definition) is 4. The Labute approximate surface area is 122 Å². The van der Waals surface area contributed by atoms with Crippen molar-refractivity contribution in [2.75, 3.05) is 7.11 Å². The van der Waals surface area contributed by atoms with E-state index in [9.17, 15) is 9.90 Å². The first-order valence-electron chi connectivity index (χ1n) is 6.26. The van der Waals surface area contributed by atoms with Gasteiger partial charge in [0.25, 0.3) is 5.91 Å². The minimum atomic E-state index is -0.160. The summed E-state index contributed by atoms with van der Waals surface area (Å²) >= 11 is 1.41. The molecule has 0 spiro atoms. The molecule has 2 N–H and O–H groups in total. The summed E-state index contributed by atoms with van der Waals surface area (Å²) in [7, 11) is 1.55. The van der Waals surface area contributed by atoms with Crippen molar-refractivity contribution in [3.8, 4) is 5.75 Å². The van der Waals surface area contributed by atoms with Gasteiger partial charge in [-0.05, 0) is 24.1 Å². The summed E-state index contributed by atoms with van der Waals surface area (Å²) in [6, 6.07) is 9.33. The van der Waals surface area contributed by atoms with Crippen LogP contribution in [0, 0.1) is 6.92 Å². The van der Waals surface area contributed by atoms with E-state index in [4.69, 9.17) is 4.74 Å². The van der Waals surface area contributed by atoms with Crippen LogP contribution in [0.15, 0.2) is 30.3 Å². The van der Waals surface area contributed by atoms with Crippen LogP contribution in [-0.4, -0.2) is 18.1 Å². The van der Waals surface area contributed by atoms with Gasteiger partial charge in [-0.25, -0.2) is 0 Å². The second kappa shape index (κ2) is 6.54. The fraction of sp³-hybridized carbons (Fsp3) is 0.267. The van der Waals surface area contributed by atoms with Crippen LogP contribution in [-0.2, 0) is 13.2 Å². The largest absolute Gasteiger partial charge is 0.495 e. The van der Waals surface area contributed by atoms with E-state index in [1.807, 2.05) is 37.3 Å². The van der Waals surface area contributed by atoms with Crippen LogP contribution < -0.4 is 10.1 Å². The third-order valence-corrected chi connectivity index (χ3v) is 4.01. The van der Waals surface area contributed by atoms with E-state index in [0.717, 1.165) is 16.0 Å². The second-order valence-corrected chi connectivity index (χ2v) is 5.62. The Morgan fingerprint density at radius 3 is 2.70 bits per heavy atom. The summed E-state index contributed by atoms with van der Waals surface area (Å²) in [5.41, 5.74) is 1.73. The number of carbonyl (C=O) groups excluding carboxylic acids is 1. The number of amides is 1. The smallest absolute Gasteiger partial charge is 0.265 e. The summed E-state index contributed by atoms with van der Waals surface area (Å²) in [5, 5.41) is 12.1. The van der Waals surface area contributed by atoms with E-state index in [1.165, 1.54) is 11.3 Å². The molecule has 0 saturated carbocycles. The average Bonchev–Trinajstić information content (AvgIpc) is 2.86. The number of hydrogen-bond donors (Lipinski definition) is 2. The summed E-state index contributed by atoms with van der Waals surface area (Å²) in [5.74, 6) is 0.438. The van der Waals surface area contributed by atoms with Crippen molar-refractivity contribution in [1.29, 1.82) is 0 Å². The standard InChI is InChI=1S/C15H17NO3S/c1-10-7-13(19-2)14(20-10)15(18)16-8-11-5-3-4-6-12(11)9-17/h3-7,17H,8-9H2,1-2H3,(H,16,18). The third-order valence-electron chi connectivity index (χ3n) is 2.98. The molecule has 1 amide bonds. The van der Waals surface area contributed by atoms with Crippen molar-refractivity contribution in [3.63, 3.8) is 0 Å².